The van der Waals surface area contributed by atoms with Gasteiger partial charge in [0, 0.05) is 31.9 Å². The average molecular weight is 291 g/mol. The van der Waals surface area contributed by atoms with Gasteiger partial charge in [0.05, 0.1) is 0 Å². The Kier molecular flexibility index (Phi) is 4.88. The van der Waals surface area contributed by atoms with E-state index in [1.54, 1.807) is 0 Å². The fourth-order valence-electron chi connectivity index (χ4n) is 2.24. The minimum atomic E-state index is -0.580. The fourth-order valence-corrected chi connectivity index (χ4v) is 2.24. The zero-order chi connectivity index (χ0) is 15.4. The van der Waals surface area contributed by atoms with E-state index in [0.717, 1.165) is 17.3 Å². The lowest BCUT2D eigenvalue weighted by Crippen LogP contribution is -2.29. The summed E-state index contributed by atoms with van der Waals surface area (Å²) >= 11 is 0. The first-order valence-electron chi connectivity index (χ1n) is 6.68. The molecule has 0 spiro atoms. The highest BCUT2D eigenvalue weighted by Crippen LogP contribution is 2.21. The third-order valence-electron chi connectivity index (χ3n) is 3.38. The van der Waals surface area contributed by atoms with Crippen LogP contribution in [0.15, 0.2) is 42.5 Å². The molecule has 0 heterocycles. The molecule has 112 valence electrons. The van der Waals surface area contributed by atoms with Crippen LogP contribution in [0, 0.1) is 11.6 Å². The molecule has 2 aromatic carbocycles. The van der Waals surface area contributed by atoms with Crippen LogP contribution in [-0.4, -0.2) is 14.1 Å². The number of hydrogen-bond acceptors (Lipinski definition) is 3. The van der Waals surface area contributed by atoms with Crippen molar-refractivity contribution in [2.75, 3.05) is 19.0 Å². The summed E-state index contributed by atoms with van der Waals surface area (Å²) in [7, 11) is 3.92. The maximum Gasteiger partial charge on any atom is 0.126 e. The van der Waals surface area contributed by atoms with Gasteiger partial charge in [-0.3, -0.25) is 11.3 Å². The molecule has 5 heteroatoms. The molecule has 3 nitrogen and oxygen atoms in total. The van der Waals surface area contributed by atoms with Crippen LogP contribution in [0.2, 0.25) is 0 Å². The Bertz CT molecular complexity index is 577. The van der Waals surface area contributed by atoms with Crippen molar-refractivity contribution in [2.45, 2.75) is 12.5 Å². The number of rotatable bonds is 5. The predicted molar refractivity (Wildman–Crippen MR) is 80.9 cm³/mol. The van der Waals surface area contributed by atoms with Gasteiger partial charge in [-0.15, -0.1) is 0 Å². The number of nitrogens with one attached hydrogen (secondary N) is 1. The third kappa shape index (κ3) is 4.00. The monoisotopic (exact) mass is 291 g/mol. The summed E-state index contributed by atoms with van der Waals surface area (Å²) in [5.41, 5.74) is 5.30. The highest BCUT2D eigenvalue weighted by Gasteiger charge is 2.12. The lowest BCUT2D eigenvalue weighted by atomic mass is 9.99. The topological polar surface area (TPSA) is 41.3 Å². The largest absolute Gasteiger partial charge is 0.378 e. The van der Waals surface area contributed by atoms with Gasteiger partial charge in [-0.05, 0) is 41.8 Å². The van der Waals surface area contributed by atoms with E-state index in [9.17, 15) is 8.78 Å². The van der Waals surface area contributed by atoms with Gasteiger partial charge in [-0.25, -0.2) is 8.78 Å². The summed E-state index contributed by atoms with van der Waals surface area (Å²) < 4.78 is 26.5. The van der Waals surface area contributed by atoms with E-state index in [0.29, 0.717) is 12.0 Å². The van der Waals surface area contributed by atoms with E-state index >= 15 is 0 Å². The third-order valence-corrected chi connectivity index (χ3v) is 3.38. The quantitative estimate of drug-likeness (QED) is 0.657. The van der Waals surface area contributed by atoms with Gasteiger partial charge in [-0.1, -0.05) is 12.1 Å². The molecule has 2 rings (SSSR count). The highest BCUT2D eigenvalue weighted by molar-refractivity contribution is 5.46. The molecule has 2 aromatic rings. The van der Waals surface area contributed by atoms with Gasteiger partial charge in [0.2, 0.25) is 0 Å². The molecule has 0 aliphatic heterocycles. The van der Waals surface area contributed by atoms with Gasteiger partial charge < -0.3 is 4.90 Å². The summed E-state index contributed by atoms with van der Waals surface area (Å²) in [4.78, 5) is 2.00. The molecule has 0 fully saturated rings. The van der Waals surface area contributed by atoms with Crippen molar-refractivity contribution in [1.82, 2.24) is 5.43 Å². The molecule has 0 aliphatic rings. The number of nitrogens with two attached hydrogens (primary N) is 1. The molecule has 0 saturated carbocycles. The van der Waals surface area contributed by atoms with E-state index in [2.05, 4.69) is 5.43 Å². The van der Waals surface area contributed by atoms with Crippen molar-refractivity contribution < 1.29 is 8.78 Å². The minimum absolute atomic E-state index is 0.206. The van der Waals surface area contributed by atoms with E-state index < -0.39 is 11.6 Å². The van der Waals surface area contributed by atoms with Gasteiger partial charge in [-0.2, -0.15) is 0 Å². The van der Waals surface area contributed by atoms with E-state index in [1.807, 2.05) is 43.3 Å². The Morgan fingerprint density at radius 3 is 2.10 bits per heavy atom. The Morgan fingerprint density at radius 2 is 1.62 bits per heavy atom. The van der Waals surface area contributed by atoms with Crippen molar-refractivity contribution in [3.8, 4) is 0 Å². The van der Waals surface area contributed by atoms with E-state index in [-0.39, 0.29) is 6.04 Å². The van der Waals surface area contributed by atoms with Crippen LogP contribution >= 0.6 is 0 Å². The molecule has 0 aromatic heterocycles. The Balaban J connectivity index is 2.19. The Hall–Kier alpha value is -1.98. The normalized spacial score (nSPS) is 12.2. The fraction of sp³-hybridized carbons (Fsp3) is 0.250. The first-order valence-corrected chi connectivity index (χ1v) is 6.68. The minimum Gasteiger partial charge on any atom is -0.378 e. The van der Waals surface area contributed by atoms with Crippen LogP contribution in [-0.2, 0) is 6.42 Å². The standard InChI is InChI=1S/C16H19F2N3/c1-21(2)15-5-3-12(4-6-15)16(20-19)9-11-7-13(17)10-14(18)8-11/h3-8,10,16,20H,9,19H2,1-2H3. The molecule has 3 N–H and O–H groups in total. The van der Waals surface area contributed by atoms with Gasteiger partial charge in [0.15, 0.2) is 0 Å². The smallest absolute Gasteiger partial charge is 0.126 e. The van der Waals surface area contributed by atoms with Crippen molar-refractivity contribution in [3.63, 3.8) is 0 Å². The van der Waals surface area contributed by atoms with Crippen LogP contribution in [0.1, 0.15) is 17.2 Å². The summed E-state index contributed by atoms with van der Waals surface area (Å²) in [6, 6.07) is 11.2. The molecule has 1 atom stereocenters. The number of nitrogens with zero attached hydrogens (tertiary/aromatic N) is 1. The zero-order valence-electron chi connectivity index (χ0n) is 12.1. The first kappa shape index (κ1) is 15.4. The second kappa shape index (κ2) is 6.65. The molecule has 0 bridgehead atoms. The number of anilines is 1. The average Bonchev–Trinajstić information content (AvgIpc) is 2.44. The number of hydrazine groups is 1. The number of halogens is 2. The van der Waals surface area contributed by atoms with Crippen molar-refractivity contribution in [2.24, 2.45) is 5.84 Å². The molecule has 21 heavy (non-hydrogen) atoms. The van der Waals surface area contributed by atoms with Gasteiger partial charge >= 0.3 is 0 Å². The lowest BCUT2D eigenvalue weighted by molar-refractivity contribution is 0.540. The van der Waals surface area contributed by atoms with Gasteiger partial charge in [0.1, 0.15) is 11.6 Å². The summed E-state index contributed by atoms with van der Waals surface area (Å²) in [6.07, 6.45) is 0.409. The van der Waals surface area contributed by atoms with Crippen molar-refractivity contribution in [1.29, 1.82) is 0 Å². The van der Waals surface area contributed by atoms with E-state index in [4.69, 9.17) is 5.84 Å². The van der Waals surface area contributed by atoms with Crippen LogP contribution in [0.5, 0.6) is 0 Å². The molecule has 0 aliphatic carbocycles. The summed E-state index contributed by atoms with van der Waals surface area (Å²) in [5, 5.41) is 0. The van der Waals surface area contributed by atoms with Crippen LogP contribution in [0.4, 0.5) is 14.5 Å². The van der Waals surface area contributed by atoms with Crippen LogP contribution < -0.4 is 16.2 Å². The second-order valence-corrected chi connectivity index (χ2v) is 5.19. The van der Waals surface area contributed by atoms with E-state index in [1.165, 1.54) is 12.1 Å². The molecule has 1 unspecified atom stereocenters. The maximum atomic E-state index is 13.2. The van der Waals surface area contributed by atoms with Gasteiger partial charge in [0.25, 0.3) is 0 Å². The van der Waals surface area contributed by atoms with Crippen molar-refractivity contribution >= 4 is 5.69 Å². The predicted octanol–water partition coefficient (Wildman–Crippen LogP) is 2.78. The Morgan fingerprint density at radius 1 is 1.05 bits per heavy atom. The first-order chi connectivity index (χ1) is 9.99. The SMILES string of the molecule is CN(C)c1ccc(C(Cc2cc(F)cc(F)c2)NN)cc1. The zero-order valence-corrected chi connectivity index (χ0v) is 12.1. The molecular formula is C16H19F2N3. The second-order valence-electron chi connectivity index (χ2n) is 5.19. The van der Waals surface area contributed by atoms with Crippen molar-refractivity contribution in [3.05, 3.63) is 65.2 Å². The summed E-state index contributed by atoms with van der Waals surface area (Å²) in [5.74, 6) is 4.42. The molecule has 0 saturated heterocycles. The number of benzene rings is 2. The summed E-state index contributed by atoms with van der Waals surface area (Å²) in [6.45, 7) is 0. The molecule has 0 radical (unpaired) electrons. The van der Waals surface area contributed by atoms with Crippen LogP contribution in [0.25, 0.3) is 0 Å². The number of hydrogen-bond donors (Lipinski definition) is 2. The molecule has 0 amide bonds. The highest BCUT2D eigenvalue weighted by atomic mass is 19.1. The Labute approximate surface area is 123 Å². The lowest BCUT2D eigenvalue weighted by Gasteiger charge is -2.18. The maximum absolute atomic E-state index is 13.2. The molecular weight excluding hydrogens is 272 g/mol. The van der Waals surface area contributed by atoms with Crippen LogP contribution in [0.3, 0.4) is 0 Å².